The van der Waals surface area contributed by atoms with Crippen molar-refractivity contribution < 1.29 is 8.42 Å². The summed E-state index contributed by atoms with van der Waals surface area (Å²) in [4.78, 5) is -0.154. The van der Waals surface area contributed by atoms with Crippen LogP contribution in [0.3, 0.4) is 0 Å². The summed E-state index contributed by atoms with van der Waals surface area (Å²) in [6.07, 6.45) is 1.62. The molecule has 8 heteroatoms. The van der Waals surface area contributed by atoms with Gasteiger partial charge < -0.3 is 5.73 Å². The van der Waals surface area contributed by atoms with Gasteiger partial charge in [0.15, 0.2) is 5.17 Å². The summed E-state index contributed by atoms with van der Waals surface area (Å²) in [5.41, 5.74) is 5.34. The number of hydrogen-bond acceptors (Lipinski definition) is 3. The fraction of sp³-hybridized carbons (Fsp3) is 0.125. The van der Waals surface area contributed by atoms with Crippen LogP contribution < -0.4 is 5.73 Å². The summed E-state index contributed by atoms with van der Waals surface area (Å²) in [5.74, 6) is 0. The van der Waals surface area contributed by atoms with Crippen LogP contribution in [0, 0.1) is 0 Å². The Hall–Kier alpha value is -0.430. The van der Waals surface area contributed by atoms with Gasteiger partial charge in [-0.3, -0.25) is 0 Å². The van der Waals surface area contributed by atoms with Gasteiger partial charge in [0.05, 0.1) is 5.02 Å². The smallest absolute Gasteiger partial charge is 0.286 e. The zero-order valence-electron chi connectivity index (χ0n) is 8.15. The monoisotopic (exact) mass is 298 g/mol. The average molecular weight is 299 g/mol. The van der Waals surface area contributed by atoms with E-state index < -0.39 is 10.0 Å². The average Bonchev–Trinajstić information content (AvgIpc) is 2.20. The van der Waals surface area contributed by atoms with Crippen LogP contribution in [-0.4, -0.2) is 19.8 Å². The van der Waals surface area contributed by atoms with Gasteiger partial charge in [-0.2, -0.15) is 8.42 Å². The van der Waals surface area contributed by atoms with E-state index in [4.69, 9.17) is 28.9 Å². The van der Waals surface area contributed by atoms with Crippen molar-refractivity contribution in [3.05, 3.63) is 28.2 Å². The molecule has 0 spiro atoms. The molecule has 0 aliphatic heterocycles. The number of thioether (sulfide) groups is 1. The first-order valence-corrected chi connectivity index (χ1v) is 7.38. The number of benzene rings is 1. The molecule has 16 heavy (non-hydrogen) atoms. The van der Waals surface area contributed by atoms with Gasteiger partial charge >= 0.3 is 0 Å². The fourth-order valence-electron chi connectivity index (χ4n) is 0.880. The van der Waals surface area contributed by atoms with Crippen molar-refractivity contribution in [3.63, 3.8) is 0 Å². The van der Waals surface area contributed by atoms with E-state index in [1.54, 1.807) is 6.26 Å². The van der Waals surface area contributed by atoms with Gasteiger partial charge in [-0.15, -0.1) is 4.40 Å². The van der Waals surface area contributed by atoms with Crippen LogP contribution in [0.2, 0.25) is 10.0 Å². The molecule has 0 atom stereocenters. The van der Waals surface area contributed by atoms with Crippen LogP contribution in [0.1, 0.15) is 0 Å². The Kier molecular flexibility index (Phi) is 4.49. The summed E-state index contributed by atoms with van der Waals surface area (Å²) in [6.45, 7) is 0. The third-order valence-corrected chi connectivity index (χ3v) is 4.22. The van der Waals surface area contributed by atoms with Crippen LogP contribution >= 0.6 is 35.0 Å². The van der Waals surface area contributed by atoms with E-state index in [9.17, 15) is 8.42 Å². The van der Waals surface area contributed by atoms with Gasteiger partial charge in [-0.05, 0) is 24.5 Å². The lowest BCUT2D eigenvalue weighted by Gasteiger charge is -2.03. The molecular weight excluding hydrogens is 291 g/mol. The largest absolute Gasteiger partial charge is 0.378 e. The molecule has 1 rings (SSSR count). The van der Waals surface area contributed by atoms with Crippen molar-refractivity contribution >= 4 is 50.2 Å². The Labute approximate surface area is 108 Å². The molecule has 0 saturated carbocycles. The maximum atomic E-state index is 11.8. The lowest BCUT2D eigenvalue weighted by atomic mass is 10.4. The van der Waals surface area contributed by atoms with Gasteiger partial charge in [0.1, 0.15) is 4.90 Å². The predicted octanol–water partition coefficient (Wildman–Crippen LogP) is 2.36. The van der Waals surface area contributed by atoms with Gasteiger partial charge in [-0.25, -0.2) is 0 Å². The molecule has 2 N–H and O–H groups in total. The highest BCUT2D eigenvalue weighted by Gasteiger charge is 2.18. The second kappa shape index (κ2) is 5.27. The Morgan fingerprint density at radius 2 is 2.06 bits per heavy atom. The highest BCUT2D eigenvalue weighted by molar-refractivity contribution is 8.13. The Balaban J connectivity index is 3.33. The van der Waals surface area contributed by atoms with Gasteiger partial charge in [0.25, 0.3) is 10.0 Å². The van der Waals surface area contributed by atoms with Crippen LogP contribution in [0.4, 0.5) is 0 Å². The molecular formula is C8H8Cl2N2O2S2. The molecule has 0 fully saturated rings. The summed E-state index contributed by atoms with van der Waals surface area (Å²) in [5, 5.41) is 0.263. The molecule has 0 bridgehead atoms. The highest BCUT2D eigenvalue weighted by atomic mass is 35.5. The molecule has 88 valence electrons. The van der Waals surface area contributed by atoms with Crippen molar-refractivity contribution in [2.75, 3.05) is 6.26 Å². The summed E-state index contributed by atoms with van der Waals surface area (Å²) in [7, 11) is -3.90. The Morgan fingerprint density at radius 1 is 1.44 bits per heavy atom. The number of sulfonamides is 1. The van der Waals surface area contributed by atoms with Crippen molar-refractivity contribution in [1.29, 1.82) is 0 Å². The van der Waals surface area contributed by atoms with Gasteiger partial charge in [0, 0.05) is 5.02 Å². The topological polar surface area (TPSA) is 72.5 Å². The van der Waals surface area contributed by atoms with Crippen molar-refractivity contribution in [2.24, 2.45) is 10.1 Å². The van der Waals surface area contributed by atoms with Crippen molar-refractivity contribution in [2.45, 2.75) is 4.90 Å². The summed E-state index contributed by atoms with van der Waals surface area (Å²) >= 11 is 12.5. The van der Waals surface area contributed by atoms with Crippen molar-refractivity contribution in [1.82, 2.24) is 0 Å². The number of rotatable bonds is 2. The van der Waals surface area contributed by atoms with E-state index in [-0.39, 0.29) is 20.1 Å². The molecule has 0 aliphatic carbocycles. The summed E-state index contributed by atoms with van der Waals surface area (Å²) in [6, 6.07) is 4.11. The van der Waals surface area contributed by atoms with Crippen molar-refractivity contribution in [3.8, 4) is 0 Å². The zero-order valence-corrected chi connectivity index (χ0v) is 11.3. The van der Waals surface area contributed by atoms with Crippen LogP contribution in [-0.2, 0) is 10.0 Å². The van der Waals surface area contributed by atoms with E-state index in [2.05, 4.69) is 4.40 Å². The van der Waals surface area contributed by atoms with E-state index in [1.165, 1.54) is 18.2 Å². The molecule has 0 aromatic heterocycles. The number of nitrogens with zero attached hydrogens (tertiary/aromatic N) is 1. The molecule has 0 amide bonds. The molecule has 1 aromatic rings. The molecule has 0 radical (unpaired) electrons. The molecule has 0 heterocycles. The second-order valence-corrected chi connectivity index (χ2v) is 5.93. The zero-order chi connectivity index (χ0) is 12.3. The number of hydrogen-bond donors (Lipinski definition) is 1. The molecule has 0 unspecified atom stereocenters. The maximum absolute atomic E-state index is 11.8. The van der Waals surface area contributed by atoms with Crippen LogP contribution in [0.5, 0.6) is 0 Å². The fourth-order valence-corrected chi connectivity index (χ4v) is 3.04. The quantitative estimate of drug-likeness (QED) is 0.672. The van der Waals surface area contributed by atoms with E-state index in [0.29, 0.717) is 0 Å². The lowest BCUT2D eigenvalue weighted by Crippen LogP contribution is -2.10. The number of halogens is 2. The number of nitrogens with two attached hydrogens (primary N) is 1. The Bertz CT molecular complexity index is 529. The van der Waals surface area contributed by atoms with Crippen LogP contribution in [0.25, 0.3) is 0 Å². The highest BCUT2D eigenvalue weighted by Crippen LogP contribution is 2.26. The minimum Gasteiger partial charge on any atom is -0.378 e. The van der Waals surface area contributed by atoms with Gasteiger partial charge in [-0.1, -0.05) is 35.0 Å². The SMILES string of the molecule is CSC(N)=NS(=O)(=O)c1cc(Cl)ccc1Cl. The van der Waals surface area contributed by atoms with Gasteiger partial charge in [0.2, 0.25) is 0 Å². The molecule has 1 aromatic carbocycles. The lowest BCUT2D eigenvalue weighted by molar-refractivity contribution is 0.598. The second-order valence-electron chi connectivity index (χ2n) is 2.68. The molecule has 0 saturated heterocycles. The number of amidine groups is 1. The van der Waals surface area contributed by atoms with E-state index in [0.717, 1.165) is 11.8 Å². The molecule has 0 aliphatic rings. The predicted molar refractivity (Wildman–Crippen MR) is 68.8 cm³/mol. The third-order valence-electron chi connectivity index (χ3n) is 1.59. The first-order valence-electron chi connectivity index (χ1n) is 3.96. The van der Waals surface area contributed by atoms with E-state index >= 15 is 0 Å². The summed E-state index contributed by atoms with van der Waals surface area (Å²) < 4.78 is 26.9. The third kappa shape index (κ3) is 3.28. The molecule has 4 nitrogen and oxygen atoms in total. The Morgan fingerprint density at radius 3 is 2.62 bits per heavy atom. The first-order chi connectivity index (χ1) is 7.36. The van der Waals surface area contributed by atoms with Crippen LogP contribution in [0.15, 0.2) is 27.5 Å². The van der Waals surface area contributed by atoms with E-state index in [1.807, 2.05) is 0 Å². The standard InChI is InChI=1S/C8H8Cl2N2O2S2/c1-15-8(11)12-16(13,14)7-4-5(9)2-3-6(7)10/h2-4H,1H3,(H2,11,12). The first kappa shape index (κ1) is 13.6. The minimum atomic E-state index is -3.90. The normalized spacial score (nSPS) is 12.8. The maximum Gasteiger partial charge on any atom is 0.286 e. The minimum absolute atomic E-state index is 0.0575.